The number of hydrogen-bond acceptors (Lipinski definition) is 3. The van der Waals surface area contributed by atoms with Crippen molar-refractivity contribution in [2.75, 3.05) is 20.2 Å². The van der Waals surface area contributed by atoms with E-state index < -0.39 is 11.6 Å². The first-order chi connectivity index (χ1) is 14.4. The number of fused-ring (bicyclic) bond motifs is 1. The Morgan fingerprint density at radius 1 is 1.10 bits per heavy atom. The fourth-order valence-corrected chi connectivity index (χ4v) is 3.95. The molecule has 1 N–H and O–H groups in total. The largest absolute Gasteiger partial charge is 0.493 e. The van der Waals surface area contributed by atoms with E-state index in [0.29, 0.717) is 28.4 Å². The van der Waals surface area contributed by atoms with Gasteiger partial charge in [-0.15, -0.1) is 0 Å². The van der Waals surface area contributed by atoms with E-state index in [1.54, 1.807) is 36.4 Å². The molecule has 7 heteroatoms. The van der Waals surface area contributed by atoms with Crippen molar-refractivity contribution >= 4 is 22.6 Å². The van der Waals surface area contributed by atoms with Crippen LogP contribution in [0.1, 0.15) is 17.3 Å². The molecule has 0 aliphatic carbocycles. The highest BCUT2D eigenvalue weighted by Crippen LogP contribution is 2.38. The minimum absolute atomic E-state index is 0.0117. The molecule has 0 bridgehead atoms. The number of hydrogen-bond donors (Lipinski definition) is 1. The number of halogens is 2. The maximum Gasteiger partial charge on any atom is 0.255 e. The predicted octanol–water partition coefficient (Wildman–Crippen LogP) is 3.75. The Kier molecular flexibility index (Phi) is 5.11. The summed E-state index contributed by atoms with van der Waals surface area (Å²) < 4.78 is 33.4. The summed E-state index contributed by atoms with van der Waals surface area (Å²) in [5, 5.41) is 4.07. The molecule has 30 heavy (non-hydrogen) atoms. The van der Waals surface area contributed by atoms with E-state index in [1.807, 2.05) is 6.92 Å². The van der Waals surface area contributed by atoms with Gasteiger partial charge >= 0.3 is 0 Å². The van der Waals surface area contributed by atoms with Crippen molar-refractivity contribution < 1.29 is 23.1 Å². The second-order valence-electron chi connectivity index (χ2n) is 7.33. The summed E-state index contributed by atoms with van der Waals surface area (Å²) >= 11 is 0. The molecule has 1 atom stereocenters. The van der Waals surface area contributed by atoms with Crippen LogP contribution >= 0.6 is 0 Å². The fourth-order valence-electron chi connectivity index (χ4n) is 3.95. The molecule has 1 saturated heterocycles. The standard InChI is InChI=1S/C23H20F2N2O3/c1-13-11-27(12-21(28)26-13)23(29)18-8-7-17(15-5-3-4-6-16(15)18)19-9-14(24)10-20(25)22(19)30-2/h3-10,13H,11-12H2,1-2H3,(H,26,28)/t13-/m0/s1. The lowest BCUT2D eigenvalue weighted by molar-refractivity contribution is -0.124. The maximum atomic E-state index is 14.3. The lowest BCUT2D eigenvalue weighted by atomic mass is 9.93. The van der Waals surface area contributed by atoms with Crippen LogP contribution in [0, 0.1) is 11.6 Å². The Balaban J connectivity index is 1.86. The Labute approximate surface area is 172 Å². The van der Waals surface area contributed by atoms with Gasteiger partial charge in [0, 0.05) is 29.8 Å². The number of piperazine rings is 1. The summed E-state index contributed by atoms with van der Waals surface area (Å²) in [6.45, 7) is 2.23. The van der Waals surface area contributed by atoms with Gasteiger partial charge in [0.1, 0.15) is 5.82 Å². The molecule has 1 heterocycles. The monoisotopic (exact) mass is 410 g/mol. The highest BCUT2D eigenvalue weighted by Gasteiger charge is 2.27. The summed E-state index contributed by atoms with van der Waals surface area (Å²) in [4.78, 5) is 26.6. The molecule has 3 aromatic carbocycles. The van der Waals surface area contributed by atoms with Crippen molar-refractivity contribution in [3.8, 4) is 16.9 Å². The van der Waals surface area contributed by atoms with E-state index in [4.69, 9.17) is 4.74 Å². The number of rotatable bonds is 3. The summed E-state index contributed by atoms with van der Waals surface area (Å²) in [5.41, 5.74) is 1.23. The minimum atomic E-state index is -0.801. The van der Waals surface area contributed by atoms with Crippen LogP contribution < -0.4 is 10.1 Å². The van der Waals surface area contributed by atoms with Crippen LogP contribution in [0.25, 0.3) is 21.9 Å². The molecule has 154 valence electrons. The lowest BCUT2D eigenvalue weighted by Crippen LogP contribution is -2.54. The van der Waals surface area contributed by atoms with E-state index in [1.165, 1.54) is 18.1 Å². The van der Waals surface area contributed by atoms with Crippen LogP contribution in [-0.2, 0) is 4.79 Å². The maximum absolute atomic E-state index is 14.3. The average Bonchev–Trinajstić information content (AvgIpc) is 2.71. The van der Waals surface area contributed by atoms with Crippen molar-refractivity contribution in [1.29, 1.82) is 0 Å². The number of benzene rings is 3. The van der Waals surface area contributed by atoms with Gasteiger partial charge in [-0.05, 0) is 35.4 Å². The molecule has 1 aliphatic rings. The van der Waals surface area contributed by atoms with Gasteiger partial charge in [-0.1, -0.05) is 30.3 Å². The van der Waals surface area contributed by atoms with E-state index in [-0.39, 0.29) is 35.7 Å². The van der Waals surface area contributed by atoms with E-state index >= 15 is 0 Å². The minimum Gasteiger partial charge on any atom is -0.493 e. The molecule has 0 aromatic heterocycles. The molecule has 4 rings (SSSR count). The second kappa shape index (κ2) is 7.74. The normalized spacial score (nSPS) is 16.5. The Morgan fingerprint density at radius 3 is 2.53 bits per heavy atom. The molecule has 1 aliphatic heterocycles. The molecule has 0 saturated carbocycles. The van der Waals surface area contributed by atoms with Gasteiger partial charge in [0.2, 0.25) is 5.91 Å². The summed E-state index contributed by atoms with van der Waals surface area (Å²) in [6.07, 6.45) is 0. The number of ether oxygens (including phenoxy) is 1. The quantitative estimate of drug-likeness (QED) is 0.716. The van der Waals surface area contributed by atoms with E-state index in [0.717, 1.165) is 6.07 Å². The van der Waals surface area contributed by atoms with Gasteiger partial charge in [0.25, 0.3) is 5.91 Å². The van der Waals surface area contributed by atoms with E-state index in [9.17, 15) is 18.4 Å². The number of nitrogens with one attached hydrogen (secondary N) is 1. The third-order valence-electron chi connectivity index (χ3n) is 5.18. The van der Waals surface area contributed by atoms with E-state index in [2.05, 4.69) is 5.32 Å². The van der Waals surface area contributed by atoms with Crippen molar-refractivity contribution in [3.63, 3.8) is 0 Å². The topological polar surface area (TPSA) is 58.6 Å². The van der Waals surface area contributed by atoms with Crippen molar-refractivity contribution in [2.45, 2.75) is 13.0 Å². The lowest BCUT2D eigenvalue weighted by Gasteiger charge is -2.31. The van der Waals surface area contributed by atoms with Gasteiger partial charge in [0.15, 0.2) is 11.6 Å². The van der Waals surface area contributed by atoms with Crippen LogP contribution in [0.4, 0.5) is 8.78 Å². The number of methoxy groups -OCH3 is 1. The predicted molar refractivity (Wildman–Crippen MR) is 109 cm³/mol. The van der Waals surface area contributed by atoms with Crippen LogP contribution in [0.2, 0.25) is 0 Å². The van der Waals surface area contributed by atoms with Gasteiger partial charge in [-0.25, -0.2) is 8.78 Å². The SMILES string of the molecule is COc1c(F)cc(F)cc1-c1ccc(C(=O)N2CC(=O)N[C@@H](C)C2)c2ccccc12. The first kappa shape index (κ1) is 19.8. The third kappa shape index (κ3) is 3.47. The van der Waals surface area contributed by atoms with Crippen LogP contribution in [-0.4, -0.2) is 43.0 Å². The molecular weight excluding hydrogens is 390 g/mol. The summed E-state index contributed by atoms with van der Waals surface area (Å²) in [7, 11) is 1.32. The first-order valence-corrected chi connectivity index (χ1v) is 9.53. The van der Waals surface area contributed by atoms with Gasteiger partial charge in [-0.3, -0.25) is 9.59 Å². The van der Waals surface area contributed by atoms with Gasteiger partial charge in [-0.2, -0.15) is 0 Å². The zero-order valence-electron chi connectivity index (χ0n) is 16.5. The third-order valence-corrected chi connectivity index (χ3v) is 5.18. The van der Waals surface area contributed by atoms with Gasteiger partial charge < -0.3 is 15.0 Å². The average molecular weight is 410 g/mol. The number of carbonyl (C=O) groups is 2. The Hall–Kier alpha value is -3.48. The fraction of sp³-hybridized carbons (Fsp3) is 0.217. The Morgan fingerprint density at radius 2 is 1.83 bits per heavy atom. The summed E-state index contributed by atoms with van der Waals surface area (Å²) in [5.74, 6) is -2.06. The highest BCUT2D eigenvalue weighted by molar-refractivity contribution is 6.12. The van der Waals surface area contributed by atoms with Gasteiger partial charge in [0.05, 0.1) is 13.7 Å². The number of nitrogens with zero attached hydrogens (tertiary/aromatic N) is 1. The smallest absolute Gasteiger partial charge is 0.255 e. The Bertz CT molecular complexity index is 1160. The zero-order valence-corrected chi connectivity index (χ0v) is 16.5. The zero-order chi connectivity index (χ0) is 21.4. The molecular formula is C23H20F2N2O3. The van der Waals surface area contributed by atoms with Crippen LogP contribution in [0.5, 0.6) is 5.75 Å². The van der Waals surface area contributed by atoms with Crippen LogP contribution in [0.15, 0.2) is 48.5 Å². The molecule has 0 unspecified atom stereocenters. The first-order valence-electron chi connectivity index (χ1n) is 9.53. The molecule has 5 nitrogen and oxygen atoms in total. The van der Waals surface area contributed by atoms with Crippen LogP contribution in [0.3, 0.4) is 0 Å². The highest BCUT2D eigenvalue weighted by atomic mass is 19.1. The number of amides is 2. The molecule has 1 fully saturated rings. The molecule has 2 amide bonds. The van der Waals surface area contributed by atoms with Crippen molar-refractivity contribution in [2.24, 2.45) is 0 Å². The second-order valence-corrected chi connectivity index (χ2v) is 7.33. The molecule has 0 spiro atoms. The number of carbonyl (C=O) groups excluding carboxylic acids is 2. The molecule has 3 aromatic rings. The summed E-state index contributed by atoms with van der Waals surface area (Å²) in [6, 6.07) is 12.3. The van der Waals surface area contributed by atoms with Crippen molar-refractivity contribution in [3.05, 3.63) is 65.7 Å². The van der Waals surface area contributed by atoms with Crippen molar-refractivity contribution in [1.82, 2.24) is 10.2 Å². The molecule has 0 radical (unpaired) electrons.